The van der Waals surface area contributed by atoms with Crippen LogP contribution in [0.2, 0.25) is 0 Å². The van der Waals surface area contributed by atoms with Gasteiger partial charge in [-0.25, -0.2) is 4.98 Å². The SMILES string of the molecule is CN1CCN(c2cccnc2N)c2ccccc21. The van der Waals surface area contributed by atoms with Crippen molar-refractivity contribution in [2.24, 2.45) is 0 Å². The Morgan fingerprint density at radius 1 is 1.00 bits per heavy atom. The van der Waals surface area contributed by atoms with Gasteiger partial charge in [-0.1, -0.05) is 12.1 Å². The zero-order chi connectivity index (χ0) is 12.5. The van der Waals surface area contributed by atoms with Gasteiger partial charge in [-0.3, -0.25) is 0 Å². The van der Waals surface area contributed by atoms with Crippen LogP contribution >= 0.6 is 0 Å². The Labute approximate surface area is 107 Å². The number of pyridine rings is 1. The monoisotopic (exact) mass is 240 g/mol. The number of likely N-dealkylation sites (N-methyl/N-ethyl adjacent to an activating group) is 1. The van der Waals surface area contributed by atoms with Crippen molar-refractivity contribution < 1.29 is 0 Å². The molecule has 1 aromatic carbocycles. The van der Waals surface area contributed by atoms with E-state index in [-0.39, 0.29) is 0 Å². The number of fused-ring (bicyclic) bond motifs is 1. The maximum atomic E-state index is 5.98. The minimum Gasteiger partial charge on any atom is -0.382 e. The molecule has 0 fully saturated rings. The van der Waals surface area contributed by atoms with Gasteiger partial charge in [0.05, 0.1) is 17.1 Å². The van der Waals surface area contributed by atoms with Crippen LogP contribution in [0.15, 0.2) is 42.6 Å². The number of nitrogen functional groups attached to an aromatic ring is 1. The van der Waals surface area contributed by atoms with Crippen molar-refractivity contribution in [3.05, 3.63) is 42.6 Å². The fraction of sp³-hybridized carbons (Fsp3) is 0.214. The first kappa shape index (κ1) is 10.9. The number of anilines is 4. The van der Waals surface area contributed by atoms with Gasteiger partial charge in [-0.05, 0) is 24.3 Å². The highest BCUT2D eigenvalue weighted by molar-refractivity contribution is 5.82. The van der Waals surface area contributed by atoms with Crippen LogP contribution in [0.3, 0.4) is 0 Å². The van der Waals surface area contributed by atoms with Gasteiger partial charge in [0.1, 0.15) is 5.82 Å². The van der Waals surface area contributed by atoms with Crippen molar-refractivity contribution in [3.63, 3.8) is 0 Å². The molecule has 3 rings (SSSR count). The summed E-state index contributed by atoms with van der Waals surface area (Å²) in [5.41, 5.74) is 9.38. The highest BCUT2D eigenvalue weighted by Crippen LogP contribution is 2.38. The summed E-state index contributed by atoms with van der Waals surface area (Å²) < 4.78 is 0. The molecule has 2 heterocycles. The smallest absolute Gasteiger partial charge is 0.147 e. The average molecular weight is 240 g/mol. The van der Waals surface area contributed by atoms with Crippen molar-refractivity contribution in [2.45, 2.75) is 0 Å². The second kappa shape index (κ2) is 4.22. The van der Waals surface area contributed by atoms with E-state index in [1.165, 1.54) is 11.4 Å². The number of hydrogen-bond donors (Lipinski definition) is 1. The fourth-order valence-corrected chi connectivity index (χ4v) is 2.39. The van der Waals surface area contributed by atoms with Gasteiger partial charge in [0.15, 0.2) is 0 Å². The first-order chi connectivity index (χ1) is 8.77. The molecular weight excluding hydrogens is 224 g/mol. The summed E-state index contributed by atoms with van der Waals surface area (Å²) >= 11 is 0. The van der Waals surface area contributed by atoms with E-state index in [9.17, 15) is 0 Å². The van der Waals surface area contributed by atoms with Gasteiger partial charge in [0.25, 0.3) is 0 Å². The molecular formula is C14H16N4. The summed E-state index contributed by atoms with van der Waals surface area (Å²) in [6, 6.07) is 12.3. The van der Waals surface area contributed by atoms with E-state index in [0.717, 1.165) is 18.8 Å². The predicted molar refractivity (Wildman–Crippen MR) is 75.4 cm³/mol. The molecule has 1 aliphatic heterocycles. The zero-order valence-corrected chi connectivity index (χ0v) is 10.4. The molecule has 0 aliphatic carbocycles. The molecule has 92 valence electrons. The lowest BCUT2D eigenvalue weighted by molar-refractivity contribution is 0.821. The van der Waals surface area contributed by atoms with Crippen molar-refractivity contribution >= 4 is 22.9 Å². The molecule has 0 spiro atoms. The third-order valence-electron chi connectivity index (χ3n) is 3.35. The van der Waals surface area contributed by atoms with E-state index in [2.05, 4.69) is 46.1 Å². The summed E-state index contributed by atoms with van der Waals surface area (Å²) in [7, 11) is 2.11. The quantitative estimate of drug-likeness (QED) is 0.830. The molecule has 1 aliphatic rings. The van der Waals surface area contributed by atoms with E-state index in [4.69, 9.17) is 5.73 Å². The zero-order valence-electron chi connectivity index (χ0n) is 10.4. The molecule has 18 heavy (non-hydrogen) atoms. The Morgan fingerprint density at radius 3 is 2.50 bits per heavy atom. The average Bonchev–Trinajstić information content (AvgIpc) is 2.41. The molecule has 0 radical (unpaired) electrons. The second-order valence-corrected chi connectivity index (χ2v) is 4.47. The lowest BCUT2D eigenvalue weighted by Gasteiger charge is -2.37. The third kappa shape index (κ3) is 1.66. The Bertz CT molecular complexity index is 567. The number of para-hydroxylation sites is 2. The summed E-state index contributed by atoms with van der Waals surface area (Å²) in [5, 5.41) is 0. The molecule has 0 saturated heterocycles. The van der Waals surface area contributed by atoms with Crippen molar-refractivity contribution in [1.29, 1.82) is 0 Å². The maximum absolute atomic E-state index is 5.98. The molecule has 1 aromatic heterocycles. The fourth-order valence-electron chi connectivity index (χ4n) is 2.39. The van der Waals surface area contributed by atoms with Gasteiger partial charge in [-0.15, -0.1) is 0 Å². The lowest BCUT2D eigenvalue weighted by Crippen LogP contribution is -2.36. The van der Waals surface area contributed by atoms with Crippen LogP contribution in [0.5, 0.6) is 0 Å². The van der Waals surface area contributed by atoms with Crippen LogP contribution in [-0.2, 0) is 0 Å². The molecule has 0 saturated carbocycles. The van der Waals surface area contributed by atoms with Gasteiger partial charge in [-0.2, -0.15) is 0 Å². The summed E-state index contributed by atoms with van der Waals surface area (Å²) in [4.78, 5) is 8.66. The molecule has 0 bridgehead atoms. The van der Waals surface area contributed by atoms with E-state index in [1.807, 2.05) is 12.1 Å². The highest BCUT2D eigenvalue weighted by atomic mass is 15.3. The topological polar surface area (TPSA) is 45.4 Å². The van der Waals surface area contributed by atoms with Crippen LogP contribution < -0.4 is 15.5 Å². The standard InChI is InChI=1S/C14H16N4/c1-17-9-10-18(12-6-3-2-5-11(12)17)13-7-4-8-16-14(13)15/h2-8H,9-10H2,1H3,(H2,15,16). The van der Waals surface area contributed by atoms with E-state index in [0.29, 0.717) is 5.82 Å². The lowest BCUT2D eigenvalue weighted by atomic mass is 10.1. The molecule has 4 heteroatoms. The third-order valence-corrected chi connectivity index (χ3v) is 3.35. The minimum atomic E-state index is 0.580. The molecule has 0 amide bonds. The van der Waals surface area contributed by atoms with Crippen LogP contribution in [0.1, 0.15) is 0 Å². The highest BCUT2D eigenvalue weighted by Gasteiger charge is 2.22. The number of rotatable bonds is 1. The number of aromatic nitrogens is 1. The summed E-state index contributed by atoms with van der Waals surface area (Å²) in [5.74, 6) is 0.580. The van der Waals surface area contributed by atoms with Crippen LogP contribution in [0.25, 0.3) is 0 Å². The van der Waals surface area contributed by atoms with E-state index < -0.39 is 0 Å². The molecule has 4 nitrogen and oxygen atoms in total. The van der Waals surface area contributed by atoms with Gasteiger partial charge in [0.2, 0.25) is 0 Å². The predicted octanol–water partition coefficient (Wildman–Crippen LogP) is 2.25. The van der Waals surface area contributed by atoms with Crippen LogP contribution in [0.4, 0.5) is 22.9 Å². The van der Waals surface area contributed by atoms with Crippen LogP contribution in [0, 0.1) is 0 Å². The molecule has 0 unspecified atom stereocenters. The Balaban J connectivity index is 2.11. The van der Waals surface area contributed by atoms with E-state index >= 15 is 0 Å². The Kier molecular flexibility index (Phi) is 2.55. The van der Waals surface area contributed by atoms with Gasteiger partial charge >= 0.3 is 0 Å². The summed E-state index contributed by atoms with van der Waals surface area (Å²) in [6.07, 6.45) is 1.72. The first-order valence-corrected chi connectivity index (χ1v) is 6.05. The van der Waals surface area contributed by atoms with E-state index in [1.54, 1.807) is 6.20 Å². The minimum absolute atomic E-state index is 0.580. The Morgan fingerprint density at radius 2 is 1.72 bits per heavy atom. The van der Waals surface area contributed by atoms with Crippen LogP contribution in [-0.4, -0.2) is 25.1 Å². The largest absolute Gasteiger partial charge is 0.382 e. The number of nitrogens with zero attached hydrogens (tertiary/aromatic N) is 3. The molecule has 2 N–H and O–H groups in total. The van der Waals surface area contributed by atoms with Crippen molar-refractivity contribution in [1.82, 2.24) is 4.98 Å². The van der Waals surface area contributed by atoms with Crippen molar-refractivity contribution in [2.75, 3.05) is 35.7 Å². The Hall–Kier alpha value is -2.23. The maximum Gasteiger partial charge on any atom is 0.147 e. The van der Waals surface area contributed by atoms with Gasteiger partial charge in [0, 0.05) is 26.3 Å². The molecule has 0 atom stereocenters. The van der Waals surface area contributed by atoms with Crippen molar-refractivity contribution in [3.8, 4) is 0 Å². The summed E-state index contributed by atoms with van der Waals surface area (Å²) in [6.45, 7) is 1.90. The normalized spacial score (nSPS) is 14.5. The first-order valence-electron chi connectivity index (χ1n) is 6.05. The second-order valence-electron chi connectivity index (χ2n) is 4.47. The number of nitrogens with two attached hydrogens (primary N) is 1. The number of benzene rings is 1. The number of hydrogen-bond acceptors (Lipinski definition) is 4. The van der Waals surface area contributed by atoms with Gasteiger partial charge < -0.3 is 15.5 Å². The molecule has 2 aromatic rings.